The van der Waals surface area contributed by atoms with Crippen molar-refractivity contribution in [1.82, 2.24) is 0 Å². The van der Waals surface area contributed by atoms with Gasteiger partial charge in [-0.25, -0.2) is 4.79 Å². The molecule has 0 atom stereocenters. The molecule has 0 unspecified atom stereocenters. The van der Waals surface area contributed by atoms with Crippen LogP contribution in [-0.2, 0) is 9.68 Å². The summed E-state index contributed by atoms with van der Waals surface area (Å²) >= 11 is 0. The number of hydrogen-bond acceptors (Lipinski definition) is 4. The van der Waals surface area contributed by atoms with Crippen LogP contribution >= 0.6 is 0 Å². The molecule has 0 aliphatic heterocycles. The second kappa shape index (κ2) is 7.38. The maximum absolute atomic E-state index is 11.4. The first-order chi connectivity index (χ1) is 10.5. The Balaban J connectivity index is 2.91. The van der Waals surface area contributed by atoms with Gasteiger partial charge in [0.25, 0.3) is 0 Å². The fourth-order valence-corrected chi connectivity index (χ4v) is 2.90. The van der Waals surface area contributed by atoms with Crippen LogP contribution in [0.2, 0.25) is 18.1 Å². The van der Waals surface area contributed by atoms with Gasteiger partial charge < -0.3 is 4.43 Å². The molecule has 0 N–H and O–H groups in total. The van der Waals surface area contributed by atoms with Crippen LogP contribution in [-0.4, -0.2) is 14.3 Å². The summed E-state index contributed by atoms with van der Waals surface area (Å²) in [6, 6.07) is 3.88. The number of aryl methyl sites for hydroxylation is 2. The lowest BCUT2D eigenvalue weighted by molar-refractivity contribution is -0.214. The Hall–Kier alpha value is -1.49. The number of rotatable bonds is 6. The van der Waals surface area contributed by atoms with Crippen molar-refractivity contribution in [3.63, 3.8) is 0 Å². The summed E-state index contributed by atoms with van der Waals surface area (Å²) in [5.41, 5.74) is 1.78. The Labute approximate surface area is 141 Å². The molecule has 0 fully saturated rings. The summed E-state index contributed by atoms with van der Waals surface area (Å²) in [7, 11) is -1.88. The van der Waals surface area contributed by atoms with E-state index in [9.17, 15) is 4.79 Å². The molecule has 0 saturated carbocycles. The fourth-order valence-electron chi connectivity index (χ4n) is 1.88. The number of hydrogen-bond donors (Lipinski definition) is 0. The lowest BCUT2D eigenvalue weighted by Crippen LogP contribution is -2.43. The van der Waals surface area contributed by atoms with Crippen LogP contribution in [0.3, 0.4) is 0 Å². The molecular formula is C18H30O4Si. The van der Waals surface area contributed by atoms with E-state index in [1.54, 1.807) is 0 Å². The van der Waals surface area contributed by atoms with Gasteiger partial charge >= 0.3 is 5.97 Å². The molecular weight excluding hydrogens is 308 g/mol. The Morgan fingerprint density at radius 2 is 1.65 bits per heavy atom. The van der Waals surface area contributed by atoms with Gasteiger partial charge in [-0.1, -0.05) is 27.7 Å². The zero-order valence-corrected chi connectivity index (χ0v) is 16.7. The van der Waals surface area contributed by atoms with Crippen LogP contribution < -0.4 is 9.31 Å². The molecule has 0 aliphatic carbocycles. The molecule has 5 heteroatoms. The Kier molecular flexibility index (Phi) is 6.28. The van der Waals surface area contributed by atoms with E-state index in [4.69, 9.17) is 14.2 Å². The number of carbonyl (C=O) groups excluding carboxylic acids is 1. The van der Waals surface area contributed by atoms with E-state index in [-0.39, 0.29) is 11.0 Å². The highest BCUT2D eigenvalue weighted by molar-refractivity contribution is 6.74. The third kappa shape index (κ3) is 5.27. The van der Waals surface area contributed by atoms with E-state index in [1.807, 2.05) is 32.9 Å². The monoisotopic (exact) mass is 338 g/mol. The lowest BCUT2D eigenvalue weighted by Gasteiger charge is -2.36. The highest BCUT2D eigenvalue weighted by Crippen LogP contribution is 2.38. The summed E-state index contributed by atoms with van der Waals surface area (Å²) in [6.45, 7) is 16.8. The van der Waals surface area contributed by atoms with E-state index in [2.05, 4.69) is 33.9 Å². The Bertz CT molecular complexity index is 536. The van der Waals surface area contributed by atoms with Gasteiger partial charge in [0, 0.05) is 17.5 Å². The van der Waals surface area contributed by atoms with Crippen LogP contribution in [0.15, 0.2) is 12.1 Å². The zero-order chi connectivity index (χ0) is 17.8. The third-order valence-electron chi connectivity index (χ3n) is 4.29. The van der Waals surface area contributed by atoms with E-state index < -0.39 is 8.32 Å². The summed E-state index contributed by atoms with van der Waals surface area (Å²) in [5, 5.41) is 0.139. The third-order valence-corrected chi connectivity index (χ3v) is 8.64. The molecule has 1 rings (SSSR count). The predicted octanol–water partition coefficient (Wildman–Crippen LogP) is 5.32. The second-order valence-electron chi connectivity index (χ2n) is 7.54. The van der Waals surface area contributed by atoms with Gasteiger partial charge in [0.05, 0.1) is 0 Å². The molecule has 1 aromatic rings. The van der Waals surface area contributed by atoms with E-state index >= 15 is 0 Å². The van der Waals surface area contributed by atoms with E-state index in [0.29, 0.717) is 12.2 Å². The van der Waals surface area contributed by atoms with Crippen molar-refractivity contribution >= 4 is 14.3 Å². The van der Waals surface area contributed by atoms with Crippen molar-refractivity contribution in [2.45, 2.75) is 72.5 Å². The van der Waals surface area contributed by atoms with Crippen molar-refractivity contribution in [2.75, 3.05) is 0 Å². The molecule has 4 nitrogen and oxygen atoms in total. The summed E-state index contributed by atoms with van der Waals surface area (Å²) < 4.78 is 6.32. The van der Waals surface area contributed by atoms with Crippen molar-refractivity contribution in [3.05, 3.63) is 23.3 Å². The highest BCUT2D eigenvalue weighted by atomic mass is 28.4. The summed E-state index contributed by atoms with van der Waals surface area (Å²) in [4.78, 5) is 21.5. The smallest absolute Gasteiger partial charge is 0.355 e. The molecule has 0 aromatic heterocycles. The first kappa shape index (κ1) is 19.6. The SMILES string of the molecule is CCCC(=O)OOc1c(C)cc(O[Si](C)(C)C(C)(C)C)cc1C. The maximum Gasteiger partial charge on any atom is 0.355 e. The molecule has 23 heavy (non-hydrogen) atoms. The van der Waals surface area contributed by atoms with Gasteiger partial charge in [0.15, 0.2) is 5.75 Å². The molecule has 0 bridgehead atoms. The minimum atomic E-state index is -1.88. The van der Waals surface area contributed by atoms with Crippen LogP contribution in [0.4, 0.5) is 0 Å². The number of benzene rings is 1. The first-order valence-electron chi connectivity index (χ1n) is 8.15. The van der Waals surface area contributed by atoms with Crippen molar-refractivity contribution < 1.29 is 19.0 Å². The average molecular weight is 339 g/mol. The van der Waals surface area contributed by atoms with Crippen LogP contribution in [0, 0.1) is 13.8 Å². The van der Waals surface area contributed by atoms with Crippen LogP contribution in [0.1, 0.15) is 51.7 Å². The standard InChI is InChI=1S/C18H30O4Si/c1-9-10-16(19)20-21-17-13(2)11-15(12-14(17)3)22-23(7,8)18(4,5)6/h11-12H,9-10H2,1-8H3. The minimum Gasteiger partial charge on any atom is -0.543 e. The van der Waals surface area contributed by atoms with Gasteiger partial charge in [0.1, 0.15) is 5.75 Å². The van der Waals surface area contributed by atoms with Crippen molar-refractivity contribution in [1.29, 1.82) is 0 Å². The highest BCUT2D eigenvalue weighted by Gasteiger charge is 2.39. The van der Waals surface area contributed by atoms with Gasteiger partial charge in [-0.3, -0.25) is 9.78 Å². The Morgan fingerprint density at radius 1 is 1.13 bits per heavy atom. The van der Waals surface area contributed by atoms with Crippen LogP contribution in [0.25, 0.3) is 0 Å². The first-order valence-corrected chi connectivity index (χ1v) is 11.1. The quantitative estimate of drug-likeness (QED) is 0.400. The topological polar surface area (TPSA) is 44.8 Å². The van der Waals surface area contributed by atoms with Gasteiger partial charge in [-0.15, -0.1) is 0 Å². The van der Waals surface area contributed by atoms with E-state index in [0.717, 1.165) is 23.3 Å². The van der Waals surface area contributed by atoms with Crippen molar-refractivity contribution in [3.8, 4) is 11.5 Å². The maximum atomic E-state index is 11.4. The average Bonchev–Trinajstić information content (AvgIpc) is 2.36. The molecule has 0 saturated heterocycles. The van der Waals surface area contributed by atoms with Crippen LogP contribution in [0.5, 0.6) is 11.5 Å². The molecule has 0 heterocycles. The van der Waals surface area contributed by atoms with Gasteiger partial charge in [-0.2, -0.15) is 0 Å². The second-order valence-corrected chi connectivity index (χ2v) is 12.3. The van der Waals surface area contributed by atoms with Gasteiger partial charge in [-0.05, 0) is 50.5 Å². The molecule has 0 radical (unpaired) electrons. The predicted molar refractivity (Wildman–Crippen MR) is 95.4 cm³/mol. The lowest BCUT2D eigenvalue weighted by atomic mass is 10.1. The molecule has 0 spiro atoms. The molecule has 0 aliphatic rings. The minimum absolute atomic E-state index is 0.139. The summed E-state index contributed by atoms with van der Waals surface area (Å²) in [5.74, 6) is 1.07. The zero-order valence-electron chi connectivity index (χ0n) is 15.7. The van der Waals surface area contributed by atoms with E-state index in [1.165, 1.54) is 0 Å². The molecule has 0 amide bonds. The summed E-state index contributed by atoms with van der Waals surface area (Å²) in [6.07, 6.45) is 1.09. The molecule has 1 aromatic carbocycles. The van der Waals surface area contributed by atoms with Gasteiger partial charge in [0.2, 0.25) is 8.32 Å². The fraction of sp³-hybridized carbons (Fsp3) is 0.611. The molecule has 130 valence electrons. The normalized spacial score (nSPS) is 12.0. The Morgan fingerprint density at radius 3 is 2.09 bits per heavy atom. The van der Waals surface area contributed by atoms with Crippen molar-refractivity contribution in [2.24, 2.45) is 0 Å². The number of carbonyl (C=O) groups is 1. The largest absolute Gasteiger partial charge is 0.543 e.